The van der Waals surface area contributed by atoms with Crippen molar-refractivity contribution < 1.29 is 0 Å². The summed E-state index contributed by atoms with van der Waals surface area (Å²) in [5.74, 6) is 0. The Kier molecular flexibility index (Phi) is 7.23. The lowest BCUT2D eigenvalue weighted by Crippen LogP contribution is -2.49. The van der Waals surface area contributed by atoms with E-state index in [1.165, 1.54) is 73.7 Å². The van der Waals surface area contributed by atoms with E-state index in [4.69, 9.17) is 0 Å². The maximum atomic E-state index is 2.47. The third-order valence-electron chi connectivity index (χ3n) is 12.2. The van der Waals surface area contributed by atoms with Crippen molar-refractivity contribution in [1.82, 2.24) is 0 Å². The summed E-state index contributed by atoms with van der Waals surface area (Å²) in [5, 5.41) is 5.28. The second-order valence-electron chi connectivity index (χ2n) is 15.2. The fourth-order valence-corrected chi connectivity index (χ4v) is 12.2. The zero-order chi connectivity index (χ0) is 36.7. The third kappa shape index (κ3) is 4.64. The van der Waals surface area contributed by atoms with Gasteiger partial charge >= 0.3 is 0 Å². The molecule has 0 amide bonds. The Balaban J connectivity index is 1.17. The van der Waals surface area contributed by atoms with Crippen LogP contribution >= 0.6 is 22.7 Å². The molecule has 262 valence electrons. The quantitative estimate of drug-likeness (QED) is 0.170. The SMILES string of the molecule is CC1(C)c2ccccc2-c2ccccc2C1(c1ccc(N(c2ccccc2)c2ccc3c(c2)sc2ccccc23)cc1)c1cccc2c1sc1ccccc12. The standard InChI is InChI=1S/C52H37NS2/c1-51(2)44-22-10-6-17-38(44)39-18-7-11-23-45(39)52(51,46-24-14-21-43-41-20-9-13-26-48(41)55-50(43)46)34-27-29-36(30-28-34)53(35-15-4-3-5-16-35)37-31-32-42-40-19-8-12-25-47(40)54-49(42)33-37/h3-33H,1-2H3. The molecule has 0 aliphatic heterocycles. The van der Waals surface area contributed by atoms with E-state index in [9.17, 15) is 0 Å². The van der Waals surface area contributed by atoms with Crippen molar-refractivity contribution in [3.63, 3.8) is 0 Å². The highest BCUT2D eigenvalue weighted by atomic mass is 32.1. The maximum Gasteiger partial charge on any atom is 0.0562 e. The molecule has 11 rings (SSSR count). The highest BCUT2D eigenvalue weighted by molar-refractivity contribution is 7.26. The molecule has 2 aromatic heterocycles. The molecule has 0 fully saturated rings. The summed E-state index contributed by atoms with van der Waals surface area (Å²) in [7, 11) is 0. The molecule has 0 radical (unpaired) electrons. The van der Waals surface area contributed by atoms with E-state index in [0.717, 1.165) is 17.1 Å². The van der Waals surface area contributed by atoms with Gasteiger partial charge in [0.25, 0.3) is 0 Å². The van der Waals surface area contributed by atoms with Gasteiger partial charge in [0.15, 0.2) is 0 Å². The van der Waals surface area contributed by atoms with Gasteiger partial charge in [-0.1, -0.05) is 153 Å². The lowest BCUT2D eigenvalue weighted by molar-refractivity contribution is 0.356. The van der Waals surface area contributed by atoms with Crippen molar-refractivity contribution in [3.05, 3.63) is 210 Å². The molecule has 1 nitrogen and oxygen atoms in total. The minimum Gasteiger partial charge on any atom is -0.310 e. The molecule has 8 aromatic carbocycles. The topological polar surface area (TPSA) is 3.24 Å². The number of para-hydroxylation sites is 1. The number of benzene rings is 8. The Bertz CT molecular complexity index is 3080. The summed E-state index contributed by atoms with van der Waals surface area (Å²) < 4.78 is 5.30. The molecule has 1 aliphatic carbocycles. The fraction of sp³-hybridized carbons (Fsp3) is 0.0769. The summed E-state index contributed by atoms with van der Waals surface area (Å²) in [6.45, 7) is 4.94. The van der Waals surface area contributed by atoms with Crippen LogP contribution in [0, 0.1) is 0 Å². The van der Waals surface area contributed by atoms with Crippen LogP contribution in [-0.2, 0) is 10.8 Å². The van der Waals surface area contributed by atoms with Gasteiger partial charge in [-0.25, -0.2) is 0 Å². The van der Waals surface area contributed by atoms with Crippen LogP contribution in [0.2, 0.25) is 0 Å². The smallest absolute Gasteiger partial charge is 0.0562 e. The molecule has 0 saturated heterocycles. The van der Waals surface area contributed by atoms with Gasteiger partial charge in [-0.3, -0.25) is 0 Å². The van der Waals surface area contributed by atoms with Crippen molar-refractivity contribution in [3.8, 4) is 11.1 Å². The van der Waals surface area contributed by atoms with Crippen LogP contribution in [0.3, 0.4) is 0 Å². The van der Waals surface area contributed by atoms with Crippen molar-refractivity contribution in [2.75, 3.05) is 4.90 Å². The summed E-state index contributed by atoms with van der Waals surface area (Å²) in [6.07, 6.45) is 0. The maximum absolute atomic E-state index is 2.47. The van der Waals surface area contributed by atoms with Crippen molar-refractivity contribution >= 4 is 80.1 Å². The van der Waals surface area contributed by atoms with Gasteiger partial charge in [0.2, 0.25) is 0 Å². The average molecular weight is 740 g/mol. The molecule has 55 heavy (non-hydrogen) atoms. The van der Waals surface area contributed by atoms with Crippen LogP contribution in [0.4, 0.5) is 17.1 Å². The molecule has 3 heteroatoms. The lowest BCUT2D eigenvalue weighted by atomic mass is 9.49. The summed E-state index contributed by atoms with van der Waals surface area (Å²) in [6, 6.07) is 70.1. The first-order valence-electron chi connectivity index (χ1n) is 19.0. The normalized spacial score (nSPS) is 16.0. The van der Waals surface area contributed by atoms with Gasteiger partial charge in [0.1, 0.15) is 0 Å². The molecule has 1 aliphatic rings. The van der Waals surface area contributed by atoms with E-state index < -0.39 is 5.41 Å². The monoisotopic (exact) mass is 739 g/mol. The zero-order valence-corrected chi connectivity index (χ0v) is 32.3. The highest BCUT2D eigenvalue weighted by Crippen LogP contribution is 2.62. The van der Waals surface area contributed by atoms with Crippen LogP contribution in [0.5, 0.6) is 0 Å². The van der Waals surface area contributed by atoms with Crippen molar-refractivity contribution in [2.45, 2.75) is 24.7 Å². The van der Waals surface area contributed by atoms with E-state index in [2.05, 4.69) is 207 Å². The van der Waals surface area contributed by atoms with Crippen molar-refractivity contribution in [2.24, 2.45) is 0 Å². The second kappa shape index (κ2) is 12.3. The Morgan fingerprint density at radius 3 is 1.67 bits per heavy atom. The molecule has 0 N–H and O–H groups in total. The molecule has 2 heterocycles. The van der Waals surface area contributed by atoms with Gasteiger partial charge in [-0.15, -0.1) is 22.7 Å². The third-order valence-corrected chi connectivity index (χ3v) is 14.5. The minimum atomic E-state index is -0.496. The number of thiophene rings is 2. The zero-order valence-electron chi connectivity index (χ0n) is 30.7. The molecular weight excluding hydrogens is 703 g/mol. The first-order chi connectivity index (χ1) is 27.0. The van der Waals surface area contributed by atoms with Gasteiger partial charge in [0, 0.05) is 62.8 Å². The number of nitrogens with zero attached hydrogens (tertiary/aromatic N) is 1. The highest BCUT2D eigenvalue weighted by Gasteiger charge is 2.55. The van der Waals surface area contributed by atoms with Gasteiger partial charge < -0.3 is 4.90 Å². The van der Waals surface area contributed by atoms with E-state index in [1.54, 1.807) is 0 Å². The van der Waals surface area contributed by atoms with Crippen LogP contribution in [0.15, 0.2) is 188 Å². The Hall–Kier alpha value is -6.00. The number of fused-ring (bicyclic) bond motifs is 9. The van der Waals surface area contributed by atoms with Gasteiger partial charge in [-0.2, -0.15) is 0 Å². The lowest BCUT2D eigenvalue weighted by Gasteiger charge is -2.53. The molecule has 1 atom stereocenters. The fourth-order valence-electron chi connectivity index (χ4n) is 9.78. The molecular formula is C52H37NS2. The molecule has 0 saturated carbocycles. The Morgan fingerprint density at radius 1 is 0.382 bits per heavy atom. The van der Waals surface area contributed by atoms with E-state index in [0.29, 0.717) is 0 Å². The number of hydrogen-bond donors (Lipinski definition) is 0. The largest absolute Gasteiger partial charge is 0.310 e. The molecule has 10 aromatic rings. The van der Waals surface area contributed by atoms with E-state index in [-0.39, 0.29) is 5.41 Å². The van der Waals surface area contributed by atoms with E-state index in [1.807, 2.05) is 22.7 Å². The summed E-state index contributed by atoms with van der Waals surface area (Å²) in [4.78, 5) is 2.41. The molecule has 0 spiro atoms. The van der Waals surface area contributed by atoms with Crippen LogP contribution in [0.1, 0.15) is 36.1 Å². The molecule has 0 bridgehead atoms. The average Bonchev–Trinajstić information content (AvgIpc) is 3.81. The Labute approximate surface area is 329 Å². The number of hydrogen-bond acceptors (Lipinski definition) is 3. The predicted molar refractivity (Wildman–Crippen MR) is 238 cm³/mol. The van der Waals surface area contributed by atoms with Gasteiger partial charge in [0.05, 0.1) is 5.41 Å². The predicted octanol–water partition coefficient (Wildman–Crippen LogP) is 15.2. The van der Waals surface area contributed by atoms with Crippen LogP contribution in [-0.4, -0.2) is 0 Å². The second-order valence-corrected chi connectivity index (χ2v) is 17.4. The number of rotatable bonds is 5. The molecule has 1 unspecified atom stereocenters. The first kappa shape index (κ1) is 32.4. The first-order valence-corrected chi connectivity index (χ1v) is 20.6. The van der Waals surface area contributed by atoms with Crippen molar-refractivity contribution in [1.29, 1.82) is 0 Å². The summed E-state index contributed by atoms with van der Waals surface area (Å²) in [5.41, 5.74) is 10.6. The Morgan fingerprint density at radius 2 is 0.909 bits per heavy atom. The minimum absolute atomic E-state index is 0.310. The van der Waals surface area contributed by atoms with Crippen LogP contribution < -0.4 is 4.90 Å². The van der Waals surface area contributed by atoms with Gasteiger partial charge in [-0.05, 0) is 81.9 Å². The summed E-state index contributed by atoms with van der Waals surface area (Å²) >= 11 is 3.80. The van der Waals surface area contributed by atoms with E-state index >= 15 is 0 Å². The number of anilines is 3. The van der Waals surface area contributed by atoms with Crippen LogP contribution in [0.25, 0.3) is 51.5 Å².